The number of methoxy groups -OCH3 is 1. The number of carboxylic acids is 1. The van der Waals surface area contributed by atoms with Gasteiger partial charge in [0.05, 0.1) is 0 Å². The molecule has 1 aromatic rings. The first-order valence-electron chi connectivity index (χ1n) is 7.70. The normalized spacial score (nSPS) is 18.3. The molecule has 2 N–H and O–H groups in total. The third kappa shape index (κ3) is 4.31. The predicted octanol–water partition coefficient (Wildman–Crippen LogP) is 2.10. The van der Waals surface area contributed by atoms with E-state index in [9.17, 15) is 9.59 Å². The van der Waals surface area contributed by atoms with Crippen molar-refractivity contribution >= 4 is 11.9 Å². The van der Waals surface area contributed by atoms with Gasteiger partial charge in [-0.15, -0.1) is 0 Å². The number of benzene rings is 1. The van der Waals surface area contributed by atoms with E-state index in [1.54, 1.807) is 0 Å². The number of aliphatic carboxylic acids is 1. The van der Waals surface area contributed by atoms with Gasteiger partial charge in [0.15, 0.2) is 0 Å². The largest absolute Gasteiger partial charge is 0.480 e. The standard InChI is InChI=1S/C17H23NO4/c1-22-10-9-15(17(20)21)18-16(19)11-13-7-4-6-12-5-2-3-8-14(12)13/h2-3,5,8,13,15H,4,6-7,9-11H2,1H3,(H,18,19)(H,20,21). The molecule has 1 aliphatic rings. The molecule has 0 bridgehead atoms. The average molecular weight is 305 g/mol. The van der Waals surface area contributed by atoms with Crippen LogP contribution in [-0.2, 0) is 20.7 Å². The van der Waals surface area contributed by atoms with Gasteiger partial charge < -0.3 is 15.2 Å². The molecule has 0 saturated heterocycles. The van der Waals surface area contributed by atoms with E-state index in [2.05, 4.69) is 17.4 Å². The summed E-state index contributed by atoms with van der Waals surface area (Å²) < 4.78 is 4.89. The Morgan fingerprint density at radius 3 is 2.91 bits per heavy atom. The lowest BCUT2D eigenvalue weighted by molar-refractivity contribution is -0.142. The molecule has 0 aliphatic heterocycles. The molecule has 2 rings (SSSR count). The van der Waals surface area contributed by atoms with Gasteiger partial charge in [-0.3, -0.25) is 4.79 Å². The number of amides is 1. The molecule has 2 unspecified atom stereocenters. The Kier molecular flexibility index (Phi) is 5.95. The van der Waals surface area contributed by atoms with Gasteiger partial charge >= 0.3 is 5.97 Å². The zero-order valence-corrected chi connectivity index (χ0v) is 12.9. The fourth-order valence-electron chi connectivity index (χ4n) is 3.04. The van der Waals surface area contributed by atoms with Crippen molar-refractivity contribution in [3.63, 3.8) is 0 Å². The smallest absolute Gasteiger partial charge is 0.326 e. The molecule has 120 valence electrons. The summed E-state index contributed by atoms with van der Waals surface area (Å²) in [5.41, 5.74) is 2.54. The molecule has 0 radical (unpaired) electrons. The summed E-state index contributed by atoms with van der Waals surface area (Å²) in [6.07, 6.45) is 3.72. The molecule has 0 aromatic heterocycles. The molecule has 1 aliphatic carbocycles. The van der Waals surface area contributed by atoms with Crippen molar-refractivity contribution in [1.82, 2.24) is 5.32 Å². The zero-order valence-electron chi connectivity index (χ0n) is 12.9. The second-order valence-electron chi connectivity index (χ2n) is 5.73. The molecule has 1 amide bonds. The Morgan fingerprint density at radius 1 is 1.41 bits per heavy atom. The first-order valence-corrected chi connectivity index (χ1v) is 7.70. The summed E-state index contributed by atoms with van der Waals surface area (Å²) in [5.74, 6) is -1.04. The third-order valence-corrected chi connectivity index (χ3v) is 4.17. The van der Waals surface area contributed by atoms with Crippen LogP contribution in [0.1, 0.15) is 42.7 Å². The quantitative estimate of drug-likeness (QED) is 0.809. The van der Waals surface area contributed by atoms with Crippen molar-refractivity contribution in [1.29, 1.82) is 0 Å². The van der Waals surface area contributed by atoms with Crippen LogP contribution in [0.2, 0.25) is 0 Å². The number of ether oxygens (including phenoxy) is 1. The zero-order chi connectivity index (χ0) is 15.9. The van der Waals surface area contributed by atoms with Crippen LogP contribution in [0.4, 0.5) is 0 Å². The average Bonchev–Trinajstić information content (AvgIpc) is 2.51. The highest BCUT2D eigenvalue weighted by Crippen LogP contribution is 2.33. The van der Waals surface area contributed by atoms with E-state index in [-0.39, 0.29) is 18.2 Å². The fourth-order valence-corrected chi connectivity index (χ4v) is 3.04. The summed E-state index contributed by atoms with van der Waals surface area (Å²) in [6, 6.07) is 7.32. The molecule has 5 nitrogen and oxygen atoms in total. The number of fused-ring (bicyclic) bond motifs is 1. The number of aryl methyl sites for hydroxylation is 1. The molecule has 0 spiro atoms. The Morgan fingerprint density at radius 2 is 2.18 bits per heavy atom. The minimum absolute atomic E-state index is 0.182. The first-order chi connectivity index (χ1) is 10.6. The fraction of sp³-hybridized carbons (Fsp3) is 0.529. The number of rotatable bonds is 7. The Labute approximate surface area is 130 Å². The van der Waals surface area contributed by atoms with Gasteiger partial charge in [-0.1, -0.05) is 24.3 Å². The predicted molar refractivity (Wildman–Crippen MR) is 82.8 cm³/mol. The topological polar surface area (TPSA) is 75.6 Å². The van der Waals surface area contributed by atoms with E-state index in [1.807, 2.05) is 12.1 Å². The number of carbonyl (C=O) groups is 2. The van der Waals surface area contributed by atoms with Crippen LogP contribution in [0, 0.1) is 0 Å². The van der Waals surface area contributed by atoms with E-state index in [1.165, 1.54) is 18.2 Å². The highest BCUT2D eigenvalue weighted by Gasteiger charge is 2.25. The number of nitrogens with one attached hydrogen (secondary N) is 1. The molecule has 5 heteroatoms. The third-order valence-electron chi connectivity index (χ3n) is 4.17. The van der Waals surface area contributed by atoms with E-state index in [0.717, 1.165) is 19.3 Å². The van der Waals surface area contributed by atoms with Crippen LogP contribution in [0.15, 0.2) is 24.3 Å². The summed E-state index contributed by atoms with van der Waals surface area (Å²) in [6.45, 7) is 0.309. The van der Waals surface area contributed by atoms with E-state index in [4.69, 9.17) is 9.84 Å². The van der Waals surface area contributed by atoms with E-state index >= 15 is 0 Å². The highest BCUT2D eigenvalue weighted by molar-refractivity contribution is 5.84. The lowest BCUT2D eigenvalue weighted by atomic mass is 9.81. The van der Waals surface area contributed by atoms with Gasteiger partial charge in [0.2, 0.25) is 5.91 Å². The van der Waals surface area contributed by atoms with Gasteiger partial charge in [-0.05, 0) is 36.3 Å². The highest BCUT2D eigenvalue weighted by atomic mass is 16.5. The molecule has 0 saturated carbocycles. The van der Waals surface area contributed by atoms with E-state index in [0.29, 0.717) is 13.0 Å². The molecule has 0 fully saturated rings. The summed E-state index contributed by atoms with van der Waals surface area (Å²) >= 11 is 0. The van der Waals surface area contributed by atoms with E-state index < -0.39 is 12.0 Å². The number of hydrogen-bond donors (Lipinski definition) is 2. The van der Waals surface area contributed by atoms with Gasteiger partial charge in [0, 0.05) is 26.6 Å². The monoisotopic (exact) mass is 305 g/mol. The SMILES string of the molecule is COCCC(NC(=O)CC1CCCc2ccccc21)C(=O)O. The van der Waals surface area contributed by atoms with Crippen LogP contribution < -0.4 is 5.32 Å². The maximum absolute atomic E-state index is 12.2. The van der Waals surface area contributed by atoms with Crippen molar-refractivity contribution in [2.24, 2.45) is 0 Å². The molecule has 0 heterocycles. The number of carboxylic acid groups (broad SMARTS) is 1. The molecular formula is C17H23NO4. The molecule has 22 heavy (non-hydrogen) atoms. The lowest BCUT2D eigenvalue weighted by Crippen LogP contribution is -2.42. The maximum Gasteiger partial charge on any atom is 0.326 e. The van der Waals surface area contributed by atoms with Crippen molar-refractivity contribution in [2.75, 3.05) is 13.7 Å². The van der Waals surface area contributed by atoms with Crippen molar-refractivity contribution in [3.05, 3.63) is 35.4 Å². The molecular weight excluding hydrogens is 282 g/mol. The van der Waals surface area contributed by atoms with Crippen LogP contribution in [0.25, 0.3) is 0 Å². The maximum atomic E-state index is 12.2. The van der Waals surface area contributed by atoms with Crippen LogP contribution in [0.3, 0.4) is 0 Å². The summed E-state index contributed by atoms with van der Waals surface area (Å²) in [4.78, 5) is 23.3. The second-order valence-corrected chi connectivity index (χ2v) is 5.73. The van der Waals surface area contributed by atoms with Crippen molar-refractivity contribution in [2.45, 2.75) is 44.1 Å². The van der Waals surface area contributed by atoms with Crippen LogP contribution in [0.5, 0.6) is 0 Å². The number of hydrogen-bond acceptors (Lipinski definition) is 3. The van der Waals surface area contributed by atoms with Gasteiger partial charge in [0.1, 0.15) is 6.04 Å². The van der Waals surface area contributed by atoms with Crippen molar-refractivity contribution in [3.8, 4) is 0 Å². The lowest BCUT2D eigenvalue weighted by Gasteiger charge is -2.25. The van der Waals surface area contributed by atoms with Crippen LogP contribution >= 0.6 is 0 Å². The molecule has 1 aromatic carbocycles. The van der Waals surface area contributed by atoms with Gasteiger partial charge in [0.25, 0.3) is 0 Å². The molecule has 2 atom stereocenters. The van der Waals surface area contributed by atoms with Crippen molar-refractivity contribution < 1.29 is 19.4 Å². The second kappa shape index (κ2) is 7.94. The first kappa shape index (κ1) is 16.5. The Hall–Kier alpha value is -1.88. The van der Waals surface area contributed by atoms with Gasteiger partial charge in [-0.25, -0.2) is 4.79 Å². The summed E-state index contributed by atoms with van der Waals surface area (Å²) in [5, 5.41) is 11.8. The summed E-state index contributed by atoms with van der Waals surface area (Å²) in [7, 11) is 1.51. The van der Waals surface area contributed by atoms with Crippen LogP contribution in [-0.4, -0.2) is 36.7 Å². The number of carbonyl (C=O) groups excluding carboxylic acids is 1. The minimum atomic E-state index is -1.02. The Balaban J connectivity index is 1.96. The Bertz CT molecular complexity index is 529. The minimum Gasteiger partial charge on any atom is -0.480 e. The van der Waals surface area contributed by atoms with Gasteiger partial charge in [-0.2, -0.15) is 0 Å².